The van der Waals surface area contributed by atoms with E-state index in [1.54, 1.807) is 20.8 Å². The highest BCUT2D eigenvalue weighted by Gasteiger charge is 2.54. The summed E-state index contributed by atoms with van der Waals surface area (Å²) in [7, 11) is -3.05. The lowest BCUT2D eigenvalue weighted by Gasteiger charge is -2.36. The minimum absolute atomic E-state index is 0.0653. The Morgan fingerprint density at radius 2 is 1.97 bits per heavy atom. The summed E-state index contributed by atoms with van der Waals surface area (Å²) in [6, 6.07) is 0.176. The van der Waals surface area contributed by atoms with E-state index in [0.717, 1.165) is 6.42 Å². The molecule has 0 radical (unpaired) electrons. The largest absolute Gasteiger partial charge is 0.444 e. The van der Waals surface area contributed by atoms with E-state index < -0.39 is 27.4 Å². The first-order valence-corrected chi connectivity index (χ1v) is 12.9. The molecular weight excluding hydrogens is 414 g/mol. The van der Waals surface area contributed by atoms with Gasteiger partial charge in [-0.1, -0.05) is 18.2 Å². The number of ether oxygens (including phenoxy) is 1. The molecule has 2 saturated carbocycles. The van der Waals surface area contributed by atoms with Crippen LogP contribution in [0.15, 0.2) is 4.99 Å². The van der Waals surface area contributed by atoms with Crippen LogP contribution in [-0.2, 0) is 19.4 Å². The van der Waals surface area contributed by atoms with Crippen LogP contribution in [0, 0.1) is 11.8 Å². The SMILES string of the molecule is CC(C)(C)OC(=O)NCC(=O)N=C1S[C@H]2CS(=O)(=O)C[C@@H]2N1[C@@H]1C[C@@H]2CC[C@@H]1C2. The second-order valence-electron chi connectivity index (χ2n) is 9.59. The van der Waals surface area contributed by atoms with Crippen molar-refractivity contribution < 1.29 is 22.7 Å². The molecule has 2 bridgehead atoms. The lowest BCUT2D eigenvalue weighted by atomic mass is 9.93. The number of thioether (sulfide) groups is 1. The van der Waals surface area contributed by atoms with Crippen molar-refractivity contribution in [2.24, 2.45) is 16.8 Å². The van der Waals surface area contributed by atoms with Gasteiger partial charge in [0.15, 0.2) is 15.0 Å². The van der Waals surface area contributed by atoms with Gasteiger partial charge in [0.25, 0.3) is 5.91 Å². The molecule has 2 amide bonds. The maximum absolute atomic E-state index is 12.4. The molecule has 4 rings (SSSR count). The minimum Gasteiger partial charge on any atom is -0.444 e. The second-order valence-corrected chi connectivity index (χ2v) is 13.0. The summed E-state index contributed by atoms with van der Waals surface area (Å²) in [4.78, 5) is 30.6. The Bertz CT molecular complexity index is 835. The predicted octanol–water partition coefficient (Wildman–Crippen LogP) is 1.80. The van der Waals surface area contributed by atoms with Gasteiger partial charge in [-0.2, -0.15) is 4.99 Å². The van der Waals surface area contributed by atoms with E-state index in [2.05, 4.69) is 15.2 Å². The number of hydrogen-bond donors (Lipinski definition) is 1. The number of nitrogens with zero attached hydrogens (tertiary/aromatic N) is 2. The molecule has 0 spiro atoms. The molecule has 0 aromatic heterocycles. The van der Waals surface area contributed by atoms with Crippen molar-refractivity contribution in [1.29, 1.82) is 0 Å². The van der Waals surface area contributed by atoms with E-state index >= 15 is 0 Å². The van der Waals surface area contributed by atoms with Crippen LogP contribution in [0.1, 0.15) is 46.5 Å². The zero-order valence-electron chi connectivity index (χ0n) is 17.1. The average molecular weight is 444 g/mol. The number of rotatable bonds is 3. The fourth-order valence-electron chi connectivity index (χ4n) is 5.14. The quantitative estimate of drug-likeness (QED) is 0.709. The molecule has 2 heterocycles. The maximum atomic E-state index is 12.4. The maximum Gasteiger partial charge on any atom is 0.408 e. The van der Waals surface area contributed by atoms with E-state index in [0.29, 0.717) is 17.0 Å². The van der Waals surface area contributed by atoms with Crippen molar-refractivity contribution in [2.45, 2.75) is 69.4 Å². The van der Waals surface area contributed by atoms with Crippen LogP contribution in [0.4, 0.5) is 4.79 Å². The van der Waals surface area contributed by atoms with Crippen molar-refractivity contribution in [2.75, 3.05) is 18.1 Å². The molecule has 0 aromatic carbocycles. The highest BCUT2D eigenvalue weighted by atomic mass is 32.2. The summed E-state index contributed by atoms with van der Waals surface area (Å²) in [5.74, 6) is 1.10. The Labute approximate surface area is 176 Å². The normalized spacial score (nSPS) is 36.4. The molecule has 5 atom stereocenters. The minimum atomic E-state index is -3.05. The molecule has 10 heteroatoms. The van der Waals surface area contributed by atoms with Crippen molar-refractivity contribution in [3.63, 3.8) is 0 Å². The monoisotopic (exact) mass is 443 g/mol. The van der Waals surface area contributed by atoms with Gasteiger partial charge in [0.2, 0.25) is 0 Å². The lowest BCUT2D eigenvalue weighted by molar-refractivity contribution is -0.117. The number of hydrogen-bond acceptors (Lipinski definition) is 6. The molecule has 2 saturated heterocycles. The van der Waals surface area contributed by atoms with Crippen LogP contribution in [0.25, 0.3) is 0 Å². The Morgan fingerprint density at radius 1 is 1.21 bits per heavy atom. The van der Waals surface area contributed by atoms with Crippen molar-refractivity contribution in [1.82, 2.24) is 10.2 Å². The lowest BCUT2D eigenvalue weighted by Crippen LogP contribution is -2.47. The molecule has 2 aliphatic carbocycles. The number of carbonyl (C=O) groups excluding carboxylic acids is 2. The van der Waals surface area contributed by atoms with Gasteiger partial charge in [0, 0.05) is 11.3 Å². The van der Waals surface area contributed by atoms with Gasteiger partial charge in [0.05, 0.1) is 17.5 Å². The van der Waals surface area contributed by atoms with Crippen molar-refractivity contribution >= 4 is 38.8 Å². The first kappa shape index (κ1) is 21.0. The first-order valence-electron chi connectivity index (χ1n) is 10.2. The molecule has 0 aromatic rings. The predicted molar refractivity (Wildman–Crippen MR) is 112 cm³/mol. The van der Waals surface area contributed by atoms with E-state index in [-0.39, 0.29) is 35.4 Å². The van der Waals surface area contributed by atoms with E-state index in [1.807, 2.05) is 0 Å². The van der Waals surface area contributed by atoms with Crippen LogP contribution in [0.5, 0.6) is 0 Å². The molecular formula is C19H29N3O5S2. The van der Waals surface area contributed by atoms with Gasteiger partial charge >= 0.3 is 6.09 Å². The third-order valence-electron chi connectivity index (χ3n) is 6.17. The van der Waals surface area contributed by atoms with Crippen molar-refractivity contribution in [3.05, 3.63) is 0 Å². The van der Waals surface area contributed by atoms with Gasteiger partial charge in [-0.05, 0) is 51.9 Å². The van der Waals surface area contributed by atoms with Gasteiger partial charge in [-0.15, -0.1) is 0 Å². The van der Waals surface area contributed by atoms with Crippen molar-refractivity contribution in [3.8, 4) is 0 Å². The summed E-state index contributed by atoms with van der Waals surface area (Å²) in [5, 5.41) is 3.01. The highest BCUT2D eigenvalue weighted by Crippen LogP contribution is 2.51. The summed E-state index contributed by atoms with van der Waals surface area (Å²) >= 11 is 1.41. The Morgan fingerprint density at radius 3 is 2.59 bits per heavy atom. The summed E-state index contributed by atoms with van der Waals surface area (Å²) < 4.78 is 29.5. The number of nitrogens with one attached hydrogen (secondary N) is 1. The number of amidine groups is 1. The van der Waals surface area contributed by atoms with E-state index in [4.69, 9.17) is 4.74 Å². The number of aliphatic imine (C=N–C) groups is 1. The summed E-state index contributed by atoms with van der Waals surface area (Å²) in [6.45, 7) is 5.02. The molecule has 29 heavy (non-hydrogen) atoms. The number of sulfone groups is 1. The fraction of sp³-hybridized carbons (Fsp3) is 0.842. The smallest absolute Gasteiger partial charge is 0.408 e. The third-order valence-corrected chi connectivity index (χ3v) is 9.39. The molecule has 0 unspecified atom stereocenters. The van der Waals surface area contributed by atoms with Crippen LogP contribution in [-0.4, -0.2) is 71.5 Å². The van der Waals surface area contributed by atoms with Gasteiger partial charge < -0.3 is 15.0 Å². The van der Waals surface area contributed by atoms with Gasteiger partial charge in [0.1, 0.15) is 12.1 Å². The standard InChI is InChI=1S/C19H29N3O5S2/c1-19(2,3)27-18(24)20-8-16(23)21-17-22(13-7-11-4-5-12(13)6-11)14-9-29(25,26)10-15(14)28-17/h11-15H,4-10H2,1-3H3,(H,20,24)/t11-,12-,13-,14+,15+/m1/s1. The van der Waals surface area contributed by atoms with Gasteiger partial charge in [-0.3, -0.25) is 4.79 Å². The van der Waals surface area contributed by atoms with Crippen LogP contribution < -0.4 is 5.32 Å². The zero-order valence-corrected chi connectivity index (χ0v) is 18.7. The van der Waals surface area contributed by atoms with E-state index in [9.17, 15) is 18.0 Å². The van der Waals surface area contributed by atoms with Crippen LogP contribution >= 0.6 is 11.8 Å². The zero-order chi connectivity index (χ0) is 21.0. The molecule has 1 N–H and O–H groups in total. The topological polar surface area (TPSA) is 105 Å². The third kappa shape index (κ3) is 4.57. The summed E-state index contributed by atoms with van der Waals surface area (Å²) in [5.41, 5.74) is -0.637. The van der Waals surface area contributed by atoms with Crippen LogP contribution in [0.3, 0.4) is 0 Å². The average Bonchev–Trinajstić information content (AvgIpc) is 3.30. The highest BCUT2D eigenvalue weighted by molar-refractivity contribution is 8.15. The number of amides is 2. The first-order chi connectivity index (χ1) is 13.5. The summed E-state index contributed by atoms with van der Waals surface area (Å²) in [6.07, 6.45) is 4.01. The molecule has 4 fully saturated rings. The Hall–Kier alpha value is -1.29. The number of alkyl carbamates (subject to hydrolysis) is 1. The van der Waals surface area contributed by atoms with Gasteiger partial charge in [-0.25, -0.2) is 13.2 Å². The second kappa shape index (κ2) is 7.44. The number of carbonyl (C=O) groups is 2. The molecule has 2 aliphatic heterocycles. The number of fused-ring (bicyclic) bond motifs is 3. The Balaban J connectivity index is 1.46. The van der Waals surface area contributed by atoms with E-state index in [1.165, 1.54) is 31.0 Å². The molecule has 162 valence electrons. The Kier molecular flexibility index (Phi) is 5.38. The molecule has 8 nitrogen and oxygen atoms in total. The fourth-order valence-corrected chi connectivity index (χ4v) is 9.13. The molecule has 4 aliphatic rings. The van der Waals surface area contributed by atoms with Crippen LogP contribution in [0.2, 0.25) is 0 Å².